The first-order valence-corrected chi connectivity index (χ1v) is 9.95. The first kappa shape index (κ1) is 21.5. The molecule has 28 heavy (non-hydrogen) atoms. The van der Waals surface area contributed by atoms with E-state index in [0.29, 0.717) is 27.9 Å². The van der Waals surface area contributed by atoms with Gasteiger partial charge in [0.15, 0.2) is 0 Å². The molecule has 3 aromatic rings. The maximum absolute atomic E-state index is 11.4. The fraction of sp³-hybridized carbons (Fsp3) is 0.0526. The molecule has 3 rings (SSSR count). The maximum atomic E-state index is 11.4. The van der Waals surface area contributed by atoms with Crippen LogP contribution in [-0.2, 0) is 11.2 Å². The van der Waals surface area contributed by atoms with E-state index in [9.17, 15) is 9.90 Å². The minimum absolute atomic E-state index is 0.204. The van der Waals surface area contributed by atoms with Gasteiger partial charge in [-0.1, -0.05) is 69.6 Å². The number of carbonyl (C=O) groups is 1. The van der Waals surface area contributed by atoms with E-state index in [1.807, 2.05) is 0 Å². The molecule has 1 aromatic heterocycles. The maximum Gasteiger partial charge on any atom is 0.307 e. The lowest BCUT2D eigenvalue weighted by Crippen LogP contribution is -2.04. The van der Waals surface area contributed by atoms with Crippen LogP contribution in [0, 0.1) is 0 Å². The highest BCUT2D eigenvalue weighted by molar-refractivity contribution is 6.49. The minimum Gasteiger partial charge on any atom is -0.481 e. The van der Waals surface area contributed by atoms with E-state index in [1.165, 1.54) is 6.20 Å². The molecule has 0 aliphatic carbocycles. The molecule has 0 spiro atoms. The van der Waals surface area contributed by atoms with Crippen LogP contribution in [0.5, 0.6) is 0 Å². The van der Waals surface area contributed by atoms with Gasteiger partial charge in [0, 0.05) is 17.3 Å². The number of nitrogens with zero attached hydrogens (tertiary/aromatic N) is 1. The largest absolute Gasteiger partial charge is 0.481 e. The van der Waals surface area contributed by atoms with Crippen molar-refractivity contribution in [2.45, 2.75) is 6.42 Å². The normalized spacial score (nSPS) is 10.9. The predicted molar refractivity (Wildman–Crippen MR) is 117 cm³/mol. The zero-order valence-electron chi connectivity index (χ0n) is 13.7. The summed E-state index contributed by atoms with van der Waals surface area (Å²) < 4.78 is 0. The third-order valence-corrected chi connectivity index (χ3v) is 6.30. The smallest absolute Gasteiger partial charge is 0.307 e. The van der Waals surface area contributed by atoms with E-state index in [-0.39, 0.29) is 36.6 Å². The molecule has 0 saturated heterocycles. The number of aromatic nitrogens is 1. The molecule has 1 N–H and O–H groups in total. The van der Waals surface area contributed by atoms with Crippen molar-refractivity contribution < 1.29 is 9.90 Å². The van der Waals surface area contributed by atoms with Gasteiger partial charge in [-0.25, -0.2) is 0 Å². The number of pyridine rings is 1. The number of hydrogen-bond acceptors (Lipinski definition) is 2. The average Bonchev–Trinajstić information content (AvgIpc) is 2.62. The van der Waals surface area contributed by atoms with Crippen molar-refractivity contribution in [3.8, 4) is 22.4 Å². The third-order valence-electron chi connectivity index (χ3n) is 3.91. The summed E-state index contributed by atoms with van der Waals surface area (Å²) in [6.45, 7) is 0. The number of carboxylic acid groups (broad SMARTS) is 1. The number of hydrogen-bond donors (Lipinski definition) is 1. The Balaban J connectivity index is 2.35. The highest BCUT2D eigenvalue weighted by Crippen LogP contribution is 2.42. The fourth-order valence-electron chi connectivity index (χ4n) is 2.75. The molecule has 0 atom stereocenters. The minimum atomic E-state index is -1.00. The number of carboxylic acids is 1. The summed E-state index contributed by atoms with van der Waals surface area (Å²) in [5.74, 6) is -1.00. The van der Waals surface area contributed by atoms with Crippen molar-refractivity contribution in [3.63, 3.8) is 0 Å². The van der Waals surface area contributed by atoms with Crippen LogP contribution in [0.25, 0.3) is 22.4 Å². The van der Waals surface area contributed by atoms with Crippen LogP contribution in [0.2, 0.25) is 30.1 Å². The SMILES string of the molecule is O=C(O)Cc1ccnc(-c2cc(Cl)c(Cl)c(Cl)c2)c1-c1cc(Cl)c(Cl)c(Cl)c1. The van der Waals surface area contributed by atoms with Crippen LogP contribution in [-0.4, -0.2) is 16.1 Å². The molecular formula is C19H9Cl6NO2. The van der Waals surface area contributed by atoms with Gasteiger partial charge in [0.05, 0.1) is 42.3 Å². The van der Waals surface area contributed by atoms with Gasteiger partial charge in [0.1, 0.15) is 0 Å². The van der Waals surface area contributed by atoms with Crippen molar-refractivity contribution in [2.24, 2.45) is 0 Å². The predicted octanol–water partition coefficient (Wildman–Crippen LogP) is 7.96. The van der Waals surface area contributed by atoms with Gasteiger partial charge in [-0.2, -0.15) is 0 Å². The molecule has 0 radical (unpaired) electrons. The van der Waals surface area contributed by atoms with E-state index in [4.69, 9.17) is 69.6 Å². The quantitative estimate of drug-likeness (QED) is 0.373. The standard InChI is InChI=1S/C19H9Cl6NO2/c20-11-3-9(4-12(21)17(11)24)16-8(7-15(27)28)1-2-26-19(16)10-5-13(22)18(25)14(23)6-10/h1-6H,7H2,(H,27,28). The fourth-order valence-corrected chi connectivity index (χ4v) is 3.94. The van der Waals surface area contributed by atoms with Crippen LogP contribution in [0.1, 0.15) is 5.56 Å². The summed E-state index contributed by atoms with van der Waals surface area (Å²) >= 11 is 36.8. The Kier molecular flexibility index (Phi) is 6.65. The second-order valence-corrected chi connectivity index (χ2v) is 8.16. The molecule has 1 heterocycles. The van der Waals surface area contributed by atoms with E-state index in [2.05, 4.69) is 4.98 Å². The molecule has 0 bridgehead atoms. The summed E-state index contributed by atoms with van der Waals surface area (Å²) in [5, 5.41) is 10.7. The zero-order valence-corrected chi connectivity index (χ0v) is 18.3. The molecule has 0 amide bonds. The van der Waals surface area contributed by atoms with Crippen LogP contribution < -0.4 is 0 Å². The molecule has 3 nitrogen and oxygen atoms in total. The highest BCUT2D eigenvalue weighted by Gasteiger charge is 2.19. The van der Waals surface area contributed by atoms with Crippen molar-refractivity contribution in [1.82, 2.24) is 4.98 Å². The van der Waals surface area contributed by atoms with Crippen LogP contribution >= 0.6 is 69.6 Å². The van der Waals surface area contributed by atoms with Gasteiger partial charge in [0.25, 0.3) is 0 Å². The van der Waals surface area contributed by atoms with Gasteiger partial charge in [-0.3, -0.25) is 9.78 Å². The van der Waals surface area contributed by atoms with Gasteiger partial charge in [0.2, 0.25) is 0 Å². The summed E-state index contributed by atoms with van der Waals surface area (Å²) in [5.41, 5.74) is 2.60. The zero-order chi connectivity index (χ0) is 20.6. The van der Waals surface area contributed by atoms with E-state index < -0.39 is 5.97 Å². The van der Waals surface area contributed by atoms with Crippen LogP contribution in [0.3, 0.4) is 0 Å². The van der Waals surface area contributed by atoms with Crippen LogP contribution in [0.4, 0.5) is 0 Å². The van der Waals surface area contributed by atoms with Gasteiger partial charge in [-0.05, 0) is 41.5 Å². The van der Waals surface area contributed by atoms with Crippen molar-refractivity contribution in [3.05, 3.63) is 72.2 Å². The monoisotopic (exact) mass is 493 g/mol. The third kappa shape index (κ3) is 4.35. The Labute approximate surface area is 190 Å². The average molecular weight is 496 g/mol. The van der Waals surface area contributed by atoms with Gasteiger partial charge < -0.3 is 5.11 Å². The topological polar surface area (TPSA) is 50.2 Å². The van der Waals surface area contributed by atoms with Crippen molar-refractivity contribution in [1.29, 1.82) is 0 Å². The van der Waals surface area contributed by atoms with Crippen molar-refractivity contribution >= 4 is 75.6 Å². The Morgan fingerprint density at radius 1 is 0.821 bits per heavy atom. The van der Waals surface area contributed by atoms with Crippen LogP contribution in [0.15, 0.2) is 36.5 Å². The molecule has 0 saturated carbocycles. The lowest BCUT2D eigenvalue weighted by atomic mass is 9.93. The summed E-state index contributed by atoms with van der Waals surface area (Å²) in [4.78, 5) is 15.8. The number of aliphatic carboxylic acids is 1. The first-order valence-electron chi connectivity index (χ1n) is 7.68. The molecule has 9 heteroatoms. The second-order valence-electron chi connectivity index (χ2n) is 5.77. The number of rotatable bonds is 4. The number of benzene rings is 2. The lowest BCUT2D eigenvalue weighted by molar-refractivity contribution is -0.136. The molecular weight excluding hydrogens is 487 g/mol. The second kappa shape index (κ2) is 8.66. The molecule has 0 fully saturated rings. The lowest BCUT2D eigenvalue weighted by Gasteiger charge is -2.16. The summed E-state index contributed by atoms with van der Waals surface area (Å²) in [7, 11) is 0. The Morgan fingerprint density at radius 3 is 1.75 bits per heavy atom. The summed E-state index contributed by atoms with van der Waals surface area (Å²) in [6.07, 6.45) is 1.27. The van der Waals surface area contributed by atoms with E-state index in [0.717, 1.165) is 0 Å². The Bertz CT molecular complexity index is 1050. The molecule has 0 aliphatic rings. The summed E-state index contributed by atoms with van der Waals surface area (Å²) in [6, 6.07) is 8.01. The van der Waals surface area contributed by atoms with Gasteiger partial charge >= 0.3 is 5.97 Å². The van der Waals surface area contributed by atoms with E-state index >= 15 is 0 Å². The number of halogens is 6. The van der Waals surface area contributed by atoms with Crippen molar-refractivity contribution in [2.75, 3.05) is 0 Å². The Morgan fingerprint density at radius 2 is 1.29 bits per heavy atom. The first-order chi connectivity index (χ1) is 13.2. The molecule has 144 valence electrons. The highest BCUT2D eigenvalue weighted by atomic mass is 35.5. The van der Waals surface area contributed by atoms with E-state index in [1.54, 1.807) is 30.3 Å². The Hall–Kier alpha value is -1.20. The molecule has 0 aliphatic heterocycles. The van der Waals surface area contributed by atoms with Gasteiger partial charge in [-0.15, -0.1) is 0 Å². The molecule has 0 unspecified atom stereocenters. The molecule has 2 aromatic carbocycles.